The highest BCUT2D eigenvalue weighted by molar-refractivity contribution is 6.30. The summed E-state index contributed by atoms with van der Waals surface area (Å²) < 4.78 is 10.5. The van der Waals surface area contributed by atoms with Gasteiger partial charge in [-0.1, -0.05) is 11.6 Å². The van der Waals surface area contributed by atoms with Crippen molar-refractivity contribution in [2.45, 2.75) is 6.92 Å². The summed E-state index contributed by atoms with van der Waals surface area (Å²) in [5, 5.41) is 3.51. The second kappa shape index (κ2) is 10.1. The molecule has 1 heterocycles. The van der Waals surface area contributed by atoms with Gasteiger partial charge >= 0.3 is 6.09 Å². The third-order valence-electron chi connectivity index (χ3n) is 3.91. The van der Waals surface area contributed by atoms with Crippen LogP contribution in [0.15, 0.2) is 24.3 Å². The Morgan fingerprint density at radius 1 is 1.24 bits per heavy atom. The molecule has 1 aliphatic heterocycles. The van der Waals surface area contributed by atoms with Gasteiger partial charge in [0.1, 0.15) is 12.4 Å². The quantitative estimate of drug-likeness (QED) is 0.672. The first-order valence-corrected chi connectivity index (χ1v) is 8.86. The van der Waals surface area contributed by atoms with E-state index in [9.17, 15) is 9.59 Å². The lowest BCUT2D eigenvalue weighted by Crippen LogP contribution is -3.15. The summed E-state index contributed by atoms with van der Waals surface area (Å²) in [5.41, 5.74) is 0. The number of piperazine rings is 1. The van der Waals surface area contributed by atoms with E-state index in [1.54, 1.807) is 36.1 Å². The minimum absolute atomic E-state index is 0.0145. The van der Waals surface area contributed by atoms with Crippen molar-refractivity contribution in [3.63, 3.8) is 0 Å². The van der Waals surface area contributed by atoms with Crippen molar-refractivity contribution < 1.29 is 24.0 Å². The van der Waals surface area contributed by atoms with Crippen LogP contribution in [0.2, 0.25) is 5.02 Å². The molecule has 0 atom stereocenters. The highest BCUT2D eigenvalue weighted by atomic mass is 35.5. The number of nitrogens with one attached hydrogen (secondary N) is 2. The molecule has 1 saturated heterocycles. The molecule has 2 amide bonds. The number of rotatable bonds is 7. The van der Waals surface area contributed by atoms with E-state index in [1.807, 2.05) is 0 Å². The number of quaternary nitrogens is 1. The Balaban J connectivity index is 1.58. The molecule has 0 radical (unpaired) electrons. The molecule has 7 nitrogen and oxygen atoms in total. The third kappa shape index (κ3) is 6.80. The van der Waals surface area contributed by atoms with Crippen molar-refractivity contribution in [1.82, 2.24) is 10.2 Å². The topological polar surface area (TPSA) is 72.3 Å². The van der Waals surface area contributed by atoms with E-state index in [0.717, 1.165) is 23.7 Å². The van der Waals surface area contributed by atoms with Gasteiger partial charge in [-0.25, -0.2) is 4.79 Å². The Morgan fingerprint density at radius 3 is 2.56 bits per heavy atom. The molecule has 25 heavy (non-hydrogen) atoms. The second-order valence-electron chi connectivity index (χ2n) is 5.77. The summed E-state index contributed by atoms with van der Waals surface area (Å²) in [6.07, 6.45) is -0.273. The maximum Gasteiger partial charge on any atom is 0.410 e. The summed E-state index contributed by atoms with van der Waals surface area (Å²) >= 11 is 5.81. The van der Waals surface area contributed by atoms with Gasteiger partial charge in [0.15, 0.2) is 6.54 Å². The Bertz CT molecular complexity index is 560. The zero-order chi connectivity index (χ0) is 18.1. The van der Waals surface area contributed by atoms with Gasteiger partial charge in [0.25, 0.3) is 5.91 Å². The predicted octanol–water partition coefficient (Wildman–Crippen LogP) is 0.192. The summed E-state index contributed by atoms with van der Waals surface area (Å²) in [6.45, 7) is 6.14. The number of hydrogen-bond donors (Lipinski definition) is 2. The van der Waals surface area contributed by atoms with Crippen molar-refractivity contribution in [2.24, 2.45) is 0 Å². The molecule has 0 bridgehead atoms. The maximum atomic E-state index is 12.0. The van der Waals surface area contributed by atoms with Crippen molar-refractivity contribution in [1.29, 1.82) is 0 Å². The molecule has 2 N–H and O–H groups in total. The second-order valence-corrected chi connectivity index (χ2v) is 6.20. The van der Waals surface area contributed by atoms with Crippen LogP contribution in [0.5, 0.6) is 5.75 Å². The van der Waals surface area contributed by atoms with E-state index in [0.29, 0.717) is 44.4 Å². The van der Waals surface area contributed by atoms with Gasteiger partial charge in [0.05, 0.1) is 39.3 Å². The average molecular weight is 371 g/mol. The van der Waals surface area contributed by atoms with Crippen LogP contribution >= 0.6 is 11.6 Å². The maximum absolute atomic E-state index is 12.0. The van der Waals surface area contributed by atoms with E-state index >= 15 is 0 Å². The number of benzene rings is 1. The molecule has 0 saturated carbocycles. The van der Waals surface area contributed by atoms with Crippen LogP contribution < -0.4 is 15.0 Å². The fourth-order valence-electron chi connectivity index (χ4n) is 2.58. The lowest BCUT2D eigenvalue weighted by atomic mass is 10.3. The molecule has 1 aliphatic rings. The van der Waals surface area contributed by atoms with Crippen LogP contribution in [-0.2, 0) is 9.53 Å². The first kappa shape index (κ1) is 19.3. The average Bonchev–Trinajstić information content (AvgIpc) is 2.61. The van der Waals surface area contributed by atoms with Gasteiger partial charge in [-0.05, 0) is 31.2 Å². The number of ether oxygens (including phenoxy) is 2. The van der Waals surface area contributed by atoms with Crippen molar-refractivity contribution in [3.05, 3.63) is 29.3 Å². The van der Waals surface area contributed by atoms with Gasteiger partial charge in [-0.2, -0.15) is 0 Å². The first-order chi connectivity index (χ1) is 12.1. The van der Waals surface area contributed by atoms with E-state index in [4.69, 9.17) is 21.1 Å². The fourth-order valence-corrected chi connectivity index (χ4v) is 2.70. The molecule has 0 spiro atoms. The van der Waals surface area contributed by atoms with Crippen molar-refractivity contribution in [3.8, 4) is 5.75 Å². The standard InChI is InChI=1S/C17H24ClN3O4/c1-2-24-17(23)21-10-8-20(9-11-21)13-16(22)19-7-12-25-15-5-3-14(18)4-6-15/h3-6H,2,7-13H2,1H3,(H,19,22)/p+1. The molecular weight excluding hydrogens is 346 g/mol. The van der Waals surface area contributed by atoms with E-state index < -0.39 is 0 Å². The SMILES string of the molecule is CCOC(=O)N1CC[NH+](CC(=O)NCCOc2ccc(Cl)cc2)CC1. The Kier molecular flexibility index (Phi) is 7.81. The van der Waals surface area contributed by atoms with Gasteiger partial charge in [-0.15, -0.1) is 0 Å². The molecule has 0 aliphatic carbocycles. The number of halogens is 1. The monoisotopic (exact) mass is 370 g/mol. The zero-order valence-corrected chi connectivity index (χ0v) is 15.2. The molecule has 138 valence electrons. The summed E-state index contributed by atoms with van der Waals surface area (Å²) in [4.78, 5) is 26.5. The summed E-state index contributed by atoms with van der Waals surface area (Å²) in [7, 11) is 0. The highest BCUT2D eigenvalue weighted by Gasteiger charge is 2.25. The molecule has 1 fully saturated rings. The third-order valence-corrected chi connectivity index (χ3v) is 4.17. The molecule has 1 aromatic carbocycles. The van der Waals surface area contributed by atoms with Crippen LogP contribution in [0.3, 0.4) is 0 Å². The van der Waals surface area contributed by atoms with Crippen LogP contribution in [0.4, 0.5) is 4.79 Å². The molecule has 1 aromatic rings. The van der Waals surface area contributed by atoms with E-state index in [2.05, 4.69) is 5.32 Å². The van der Waals surface area contributed by atoms with Crippen LogP contribution in [-0.4, -0.2) is 69.4 Å². The molecular formula is C17H25ClN3O4+. The lowest BCUT2D eigenvalue weighted by Gasteiger charge is -2.31. The van der Waals surface area contributed by atoms with Crippen molar-refractivity contribution >= 4 is 23.6 Å². The highest BCUT2D eigenvalue weighted by Crippen LogP contribution is 2.14. The van der Waals surface area contributed by atoms with E-state index in [-0.39, 0.29) is 12.0 Å². The number of hydrogen-bond acceptors (Lipinski definition) is 4. The normalized spacial score (nSPS) is 14.9. The number of nitrogens with zero attached hydrogens (tertiary/aromatic N) is 1. The minimum Gasteiger partial charge on any atom is -0.492 e. The fraction of sp³-hybridized carbons (Fsp3) is 0.529. The molecule has 0 unspecified atom stereocenters. The predicted molar refractivity (Wildman–Crippen MR) is 94.1 cm³/mol. The largest absolute Gasteiger partial charge is 0.492 e. The summed E-state index contributed by atoms with van der Waals surface area (Å²) in [6, 6.07) is 7.10. The lowest BCUT2D eigenvalue weighted by molar-refractivity contribution is -0.896. The Hall–Kier alpha value is -1.99. The first-order valence-electron chi connectivity index (χ1n) is 8.49. The number of carbonyl (C=O) groups is 2. The molecule has 8 heteroatoms. The van der Waals surface area contributed by atoms with Crippen LogP contribution in [0.1, 0.15) is 6.92 Å². The van der Waals surface area contributed by atoms with E-state index in [1.165, 1.54) is 0 Å². The van der Waals surface area contributed by atoms with Crippen LogP contribution in [0.25, 0.3) is 0 Å². The molecule has 0 aromatic heterocycles. The van der Waals surface area contributed by atoms with Crippen LogP contribution in [0, 0.1) is 0 Å². The van der Waals surface area contributed by atoms with Crippen molar-refractivity contribution in [2.75, 3.05) is 52.5 Å². The Labute approximate surface area is 152 Å². The minimum atomic E-state index is -0.273. The van der Waals surface area contributed by atoms with Gasteiger partial charge in [0, 0.05) is 5.02 Å². The van der Waals surface area contributed by atoms with Gasteiger partial charge < -0.3 is 19.7 Å². The summed E-state index contributed by atoms with van der Waals surface area (Å²) in [5.74, 6) is 0.707. The number of amides is 2. The van der Waals surface area contributed by atoms with Gasteiger partial charge in [-0.3, -0.25) is 9.69 Å². The molecule has 2 rings (SSSR count). The number of carbonyl (C=O) groups excluding carboxylic acids is 2. The van der Waals surface area contributed by atoms with Gasteiger partial charge in [0.2, 0.25) is 0 Å². The zero-order valence-electron chi connectivity index (χ0n) is 14.4. The Morgan fingerprint density at radius 2 is 1.92 bits per heavy atom. The smallest absolute Gasteiger partial charge is 0.410 e.